The van der Waals surface area contributed by atoms with Crippen LogP contribution in [-0.2, 0) is 6.61 Å². The van der Waals surface area contributed by atoms with Crippen molar-refractivity contribution in [3.05, 3.63) is 53.6 Å². The average molecular weight is 297 g/mol. The highest BCUT2D eigenvalue weighted by atomic mass is 16.5. The fourth-order valence-corrected chi connectivity index (χ4v) is 1.95. The molecule has 0 fully saturated rings. The molecule has 0 N–H and O–H groups in total. The fourth-order valence-electron chi connectivity index (χ4n) is 1.95. The van der Waals surface area contributed by atoms with E-state index in [4.69, 9.17) is 19.5 Å². The Morgan fingerprint density at radius 1 is 1.05 bits per heavy atom. The molecule has 2 rings (SSSR count). The standard InChI is InChI=1S/C18H19NO3/c1-13(2)22-16-7-4-14(5-8-16)12-21-17-9-6-15(11-19)10-18(17)20-3/h4-10,13H,12H2,1-3H3. The van der Waals surface area contributed by atoms with Gasteiger partial charge in [0.05, 0.1) is 24.8 Å². The second-order valence-electron chi connectivity index (χ2n) is 5.08. The third-order valence-corrected chi connectivity index (χ3v) is 2.98. The molecule has 0 aliphatic heterocycles. The topological polar surface area (TPSA) is 51.5 Å². The summed E-state index contributed by atoms with van der Waals surface area (Å²) < 4.78 is 16.6. The Balaban J connectivity index is 2.02. The van der Waals surface area contributed by atoms with Crippen molar-refractivity contribution in [1.29, 1.82) is 5.26 Å². The van der Waals surface area contributed by atoms with Crippen LogP contribution in [0.1, 0.15) is 25.0 Å². The molecule has 0 unspecified atom stereocenters. The summed E-state index contributed by atoms with van der Waals surface area (Å²) in [6.45, 7) is 4.41. The summed E-state index contributed by atoms with van der Waals surface area (Å²) in [4.78, 5) is 0. The van der Waals surface area contributed by atoms with E-state index in [-0.39, 0.29) is 6.10 Å². The number of nitriles is 1. The molecule has 0 atom stereocenters. The van der Waals surface area contributed by atoms with Crippen molar-refractivity contribution in [2.75, 3.05) is 7.11 Å². The smallest absolute Gasteiger partial charge is 0.162 e. The minimum Gasteiger partial charge on any atom is -0.493 e. The minimum atomic E-state index is 0.157. The van der Waals surface area contributed by atoms with Gasteiger partial charge in [0, 0.05) is 6.07 Å². The third-order valence-electron chi connectivity index (χ3n) is 2.98. The number of ether oxygens (including phenoxy) is 3. The summed E-state index contributed by atoms with van der Waals surface area (Å²) in [6.07, 6.45) is 0.157. The van der Waals surface area contributed by atoms with E-state index in [1.165, 1.54) is 0 Å². The maximum Gasteiger partial charge on any atom is 0.162 e. The molecule has 114 valence electrons. The van der Waals surface area contributed by atoms with Gasteiger partial charge in [0.1, 0.15) is 12.4 Å². The van der Waals surface area contributed by atoms with Gasteiger partial charge in [-0.2, -0.15) is 5.26 Å². The van der Waals surface area contributed by atoms with E-state index in [1.807, 2.05) is 38.1 Å². The highest BCUT2D eigenvalue weighted by Gasteiger charge is 2.06. The Hall–Kier alpha value is -2.67. The second-order valence-corrected chi connectivity index (χ2v) is 5.08. The number of hydrogen-bond donors (Lipinski definition) is 0. The van der Waals surface area contributed by atoms with Gasteiger partial charge in [0.25, 0.3) is 0 Å². The summed E-state index contributed by atoms with van der Waals surface area (Å²) in [5.74, 6) is 2.01. The lowest BCUT2D eigenvalue weighted by molar-refractivity contribution is 0.242. The summed E-state index contributed by atoms with van der Waals surface area (Å²) in [7, 11) is 1.56. The van der Waals surface area contributed by atoms with E-state index < -0.39 is 0 Å². The molecular formula is C18H19NO3. The van der Waals surface area contributed by atoms with Crippen molar-refractivity contribution in [3.8, 4) is 23.3 Å². The second kappa shape index (κ2) is 7.37. The van der Waals surface area contributed by atoms with Crippen molar-refractivity contribution in [3.63, 3.8) is 0 Å². The molecule has 2 aromatic carbocycles. The van der Waals surface area contributed by atoms with Crippen LogP contribution in [0.2, 0.25) is 0 Å². The van der Waals surface area contributed by atoms with E-state index in [1.54, 1.807) is 25.3 Å². The molecule has 4 heteroatoms. The molecular weight excluding hydrogens is 278 g/mol. The third kappa shape index (κ3) is 4.16. The van der Waals surface area contributed by atoms with Gasteiger partial charge in [0.2, 0.25) is 0 Å². The van der Waals surface area contributed by atoms with E-state index in [0.717, 1.165) is 11.3 Å². The lowest BCUT2D eigenvalue weighted by atomic mass is 10.2. The monoisotopic (exact) mass is 297 g/mol. The van der Waals surface area contributed by atoms with Gasteiger partial charge in [0.15, 0.2) is 11.5 Å². The number of rotatable bonds is 6. The van der Waals surface area contributed by atoms with Crippen LogP contribution in [0.3, 0.4) is 0 Å². The van der Waals surface area contributed by atoms with Crippen LogP contribution in [-0.4, -0.2) is 13.2 Å². The van der Waals surface area contributed by atoms with Crippen molar-refractivity contribution in [1.82, 2.24) is 0 Å². The highest BCUT2D eigenvalue weighted by Crippen LogP contribution is 2.28. The molecule has 22 heavy (non-hydrogen) atoms. The lowest BCUT2D eigenvalue weighted by Gasteiger charge is -2.12. The summed E-state index contributed by atoms with van der Waals surface area (Å²) >= 11 is 0. The van der Waals surface area contributed by atoms with Crippen LogP contribution < -0.4 is 14.2 Å². The zero-order chi connectivity index (χ0) is 15.9. The van der Waals surface area contributed by atoms with Gasteiger partial charge in [-0.3, -0.25) is 0 Å². The van der Waals surface area contributed by atoms with Crippen molar-refractivity contribution in [2.24, 2.45) is 0 Å². The first-order chi connectivity index (χ1) is 10.6. The Bertz CT molecular complexity index is 657. The van der Waals surface area contributed by atoms with Crippen LogP contribution in [0.15, 0.2) is 42.5 Å². The summed E-state index contributed by atoms with van der Waals surface area (Å²) in [5.41, 5.74) is 1.57. The van der Waals surface area contributed by atoms with Crippen molar-refractivity contribution in [2.45, 2.75) is 26.6 Å². The maximum atomic E-state index is 8.89. The Labute approximate surface area is 130 Å². The van der Waals surface area contributed by atoms with Crippen LogP contribution >= 0.6 is 0 Å². The van der Waals surface area contributed by atoms with E-state index in [9.17, 15) is 0 Å². The Morgan fingerprint density at radius 3 is 2.36 bits per heavy atom. The molecule has 0 aromatic heterocycles. The molecule has 0 amide bonds. The van der Waals surface area contributed by atoms with Crippen molar-refractivity contribution >= 4 is 0 Å². The Kier molecular flexibility index (Phi) is 5.26. The molecule has 0 spiro atoms. The molecule has 0 aliphatic carbocycles. The van der Waals surface area contributed by atoms with Gasteiger partial charge in [-0.15, -0.1) is 0 Å². The highest BCUT2D eigenvalue weighted by molar-refractivity contribution is 5.46. The molecule has 0 saturated heterocycles. The Morgan fingerprint density at radius 2 is 1.77 bits per heavy atom. The first-order valence-corrected chi connectivity index (χ1v) is 7.09. The minimum absolute atomic E-state index is 0.157. The number of hydrogen-bond acceptors (Lipinski definition) is 4. The van der Waals surface area contributed by atoms with Crippen LogP contribution in [0.4, 0.5) is 0 Å². The average Bonchev–Trinajstić information content (AvgIpc) is 2.53. The fraction of sp³-hybridized carbons (Fsp3) is 0.278. The van der Waals surface area contributed by atoms with Gasteiger partial charge in [-0.1, -0.05) is 12.1 Å². The maximum absolute atomic E-state index is 8.89. The van der Waals surface area contributed by atoms with Crippen LogP contribution in [0, 0.1) is 11.3 Å². The molecule has 0 saturated carbocycles. The predicted molar refractivity (Wildman–Crippen MR) is 84.2 cm³/mol. The number of benzene rings is 2. The zero-order valence-corrected chi connectivity index (χ0v) is 13.0. The molecule has 4 nitrogen and oxygen atoms in total. The molecule has 0 heterocycles. The van der Waals surface area contributed by atoms with Crippen molar-refractivity contribution < 1.29 is 14.2 Å². The van der Waals surface area contributed by atoms with Crippen LogP contribution in [0.5, 0.6) is 17.2 Å². The normalized spacial score (nSPS) is 10.1. The van der Waals surface area contributed by atoms with E-state index >= 15 is 0 Å². The first-order valence-electron chi connectivity index (χ1n) is 7.09. The molecule has 0 radical (unpaired) electrons. The van der Waals surface area contributed by atoms with Gasteiger partial charge >= 0.3 is 0 Å². The SMILES string of the molecule is COc1cc(C#N)ccc1OCc1ccc(OC(C)C)cc1. The number of nitrogens with zero attached hydrogens (tertiary/aromatic N) is 1. The van der Waals surface area contributed by atoms with Crippen LogP contribution in [0.25, 0.3) is 0 Å². The lowest BCUT2D eigenvalue weighted by Crippen LogP contribution is -2.05. The van der Waals surface area contributed by atoms with Gasteiger partial charge in [-0.05, 0) is 43.7 Å². The van der Waals surface area contributed by atoms with E-state index in [0.29, 0.717) is 23.7 Å². The van der Waals surface area contributed by atoms with Gasteiger partial charge < -0.3 is 14.2 Å². The molecule has 2 aromatic rings. The molecule has 0 bridgehead atoms. The molecule has 0 aliphatic rings. The first kappa shape index (κ1) is 15.7. The zero-order valence-electron chi connectivity index (χ0n) is 13.0. The summed E-state index contributed by atoms with van der Waals surface area (Å²) in [5, 5.41) is 8.89. The predicted octanol–water partition coefficient (Wildman–Crippen LogP) is 3.93. The van der Waals surface area contributed by atoms with Gasteiger partial charge in [-0.25, -0.2) is 0 Å². The number of methoxy groups -OCH3 is 1. The van der Waals surface area contributed by atoms with E-state index in [2.05, 4.69) is 6.07 Å². The largest absolute Gasteiger partial charge is 0.493 e. The quantitative estimate of drug-likeness (QED) is 0.810. The summed E-state index contributed by atoms with van der Waals surface area (Å²) in [6, 6.07) is 15.0.